The highest BCUT2D eigenvalue weighted by atomic mass is 16.6. The fourth-order valence-corrected chi connectivity index (χ4v) is 6.73. The highest BCUT2D eigenvalue weighted by Crippen LogP contribution is 2.33. The van der Waals surface area contributed by atoms with E-state index in [4.69, 9.17) is 24.1 Å². The topological polar surface area (TPSA) is 147 Å². The largest absolute Gasteiger partial charge is 0.457 e. The molecule has 1 N–H and O–H groups in total. The lowest BCUT2D eigenvalue weighted by Gasteiger charge is -2.33. The molecule has 1 aliphatic rings. The van der Waals surface area contributed by atoms with E-state index in [-0.39, 0.29) is 23.7 Å². The molecule has 0 saturated heterocycles. The minimum Gasteiger partial charge on any atom is -0.457 e. The number of carbonyl (C=O) groups is 1. The first kappa shape index (κ1) is 33.1. The van der Waals surface area contributed by atoms with Gasteiger partial charge in [0.1, 0.15) is 11.4 Å². The van der Waals surface area contributed by atoms with Crippen LogP contribution in [-0.4, -0.2) is 53.6 Å². The number of aromatic nitrogens is 6. The van der Waals surface area contributed by atoms with Crippen LogP contribution >= 0.6 is 0 Å². The van der Waals surface area contributed by atoms with Gasteiger partial charge in [-0.25, -0.2) is 9.31 Å². The molecular formula is C36H42N6O6. The predicted octanol–water partition coefficient (Wildman–Crippen LogP) is 5.60. The number of ether oxygens (including phenoxy) is 2. The van der Waals surface area contributed by atoms with Gasteiger partial charge in [-0.1, -0.05) is 67.0 Å². The summed E-state index contributed by atoms with van der Waals surface area (Å²) in [7, 11) is 0. The molecule has 1 aliphatic carbocycles. The zero-order valence-electron chi connectivity index (χ0n) is 28.1. The maximum atomic E-state index is 14.5. The molecule has 0 radical (unpaired) electrons. The Kier molecular flexibility index (Phi) is 9.45. The fraction of sp³-hybridized carbons (Fsp3) is 0.444. The van der Waals surface area contributed by atoms with Gasteiger partial charge in [0, 0.05) is 30.5 Å². The summed E-state index contributed by atoms with van der Waals surface area (Å²) >= 11 is 0. The van der Waals surface area contributed by atoms with Crippen molar-refractivity contribution in [1.82, 2.24) is 29.3 Å². The second-order valence-electron chi connectivity index (χ2n) is 13.2. The first-order valence-electron chi connectivity index (χ1n) is 16.6. The number of nitrogens with zero attached hydrogens (tertiary/aromatic N) is 5. The molecule has 0 bridgehead atoms. The van der Waals surface area contributed by atoms with Crippen LogP contribution in [0.4, 0.5) is 0 Å². The monoisotopic (exact) mass is 654 g/mol. The van der Waals surface area contributed by atoms with Crippen LogP contribution in [0.1, 0.15) is 88.5 Å². The van der Waals surface area contributed by atoms with Gasteiger partial charge in [0.15, 0.2) is 5.82 Å². The Morgan fingerprint density at radius 2 is 1.75 bits per heavy atom. The minimum absolute atomic E-state index is 0.0226. The summed E-state index contributed by atoms with van der Waals surface area (Å²) in [5.41, 5.74) is 4.49. The molecule has 0 spiro atoms. The molecule has 252 valence electrons. The number of carbonyl (C=O) groups excluding carboxylic acids is 1. The van der Waals surface area contributed by atoms with Crippen molar-refractivity contribution in [3.63, 3.8) is 0 Å². The zero-order valence-corrected chi connectivity index (χ0v) is 28.1. The summed E-state index contributed by atoms with van der Waals surface area (Å²) in [4.78, 5) is 44.9. The van der Waals surface area contributed by atoms with E-state index in [1.807, 2.05) is 78.4 Å². The Morgan fingerprint density at radius 1 is 1.04 bits per heavy atom. The summed E-state index contributed by atoms with van der Waals surface area (Å²) in [5.74, 6) is 0.642. The number of hydrogen-bond acceptors (Lipinski definition) is 9. The van der Waals surface area contributed by atoms with Crippen molar-refractivity contribution in [2.75, 3.05) is 6.61 Å². The van der Waals surface area contributed by atoms with Crippen LogP contribution < -0.4 is 11.3 Å². The highest BCUT2D eigenvalue weighted by Gasteiger charge is 2.30. The second-order valence-corrected chi connectivity index (χ2v) is 13.2. The Bertz CT molecular complexity index is 2030. The number of H-pyrrole nitrogens is 1. The first-order chi connectivity index (χ1) is 23.0. The summed E-state index contributed by atoms with van der Waals surface area (Å²) in [6, 6.07) is 15.7. The minimum atomic E-state index is -0.701. The number of benzene rings is 2. The number of rotatable bonds is 11. The third kappa shape index (κ3) is 7.03. The lowest BCUT2D eigenvalue weighted by Crippen LogP contribution is -2.37. The number of hydrogen-bond donors (Lipinski definition) is 1. The molecule has 0 amide bonds. The van der Waals surface area contributed by atoms with Crippen LogP contribution in [0.3, 0.4) is 0 Å². The number of fused-ring (bicyclic) bond motifs is 1. The van der Waals surface area contributed by atoms with Crippen molar-refractivity contribution >= 4 is 11.7 Å². The van der Waals surface area contributed by atoms with Gasteiger partial charge >= 0.3 is 11.7 Å². The third-order valence-corrected chi connectivity index (χ3v) is 8.84. The molecule has 5 aromatic rings. The molecule has 12 heteroatoms. The third-order valence-electron chi connectivity index (χ3n) is 8.84. The average molecular weight is 655 g/mol. The molecule has 0 aliphatic heterocycles. The van der Waals surface area contributed by atoms with E-state index in [2.05, 4.69) is 17.1 Å². The standard InChI is InChI=1S/C36H42N6O6/c1-6-9-31-30(20-24-12-14-25(15-13-24)28-10-7-8-11-29(28)32-38-35(45)48-40-32)33(44)41(34-37-22(2)39-42(31)34)26-16-18-27(19-17-26)46-21-36(4,5)47-23(3)43/h7-8,10-15,26-27H,6,9,16-21H2,1-5H3,(H,38,40,45). The van der Waals surface area contributed by atoms with Gasteiger partial charge in [0.2, 0.25) is 5.78 Å². The maximum absolute atomic E-state index is 14.5. The van der Waals surface area contributed by atoms with E-state index >= 15 is 0 Å². The number of esters is 1. The summed E-state index contributed by atoms with van der Waals surface area (Å²) in [5, 5.41) is 8.63. The van der Waals surface area contributed by atoms with Gasteiger partial charge in [-0.15, -0.1) is 0 Å². The lowest BCUT2D eigenvalue weighted by atomic mass is 9.92. The number of nitrogens with one attached hydrogen (secondary N) is 1. The highest BCUT2D eigenvalue weighted by molar-refractivity contribution is 5.80. The summed E-state index contributed by atoms with van der Waals surface area (Å²) in [6.45, 7) is 9.37. The zero-order chi connectivity index (χ0) is 34.0. The van der Waals surface area contributed by atoms with E-state index in [1.165, 1.54) is 6.92 Å². The molecule has 48 heavy (non-hydrogen) atoms. The van der Waals surface area contributed by atoms with Gasteiger partial charge in [-0.2, -0.15) is 10.1 Å². The van der Waals surface area contributed by atoms with Crippen molar-refractivity contribution in [2.45, 2.75) is 97.3 Å². The van der Waals surface area contributed by atoms with E-state index in [0.717, 1.165) is 65.6 Å². The van der Waals surface area contributed by atoms with E-state index in [1.54, 1.807) is 0 Å². The lowest BCUT2D eigenvalue weighted by molar-refractivity contribution is -0.162. The molecule has 2 aromatic carbocycles. The van der Waals surface area contributed by atoms with Gasteiger partial charge in [-0.05, 0) is 69.6 Å². The van der Waals surface area contributed by atoms with Crippen LogP contribution in [-0.2, 0) is 27.1 Å². The SMILES string of the molecule is CCCc1c(Cc2ccc(-c3ccccc3-c3noc(=O)[nH]3)cc2)c(=O)n(C2CCC(OCC(C)(C)OC(C)=O)CC2)c2nc(C)nn12. The van der Waals surface area contributed by atoms with Crippen LogP contribution in [0, 0.1) is 6.92 Å². The Hall–Kier alpha value is -4.84. The molecule has 1 saturated carbocycles. The Morgan fingerprint density at radius 3 is 2.40 bits per heavy atom. The van der Waals surface area contributed by atoms with Gasteiger partial charge in [-0.3, -0.25) is 23.7 Å². The van der Waals surface area contributed by atoms with Crippen molar-refractivity contribution < 1.29 is 18.8 Å². The first-order valence-corrected chi connectivity index (χ1v) is 16.6. The van der Waals surface area contributed by atoms with Crippen molar-refractivity contribution in [3.8, 4) is 22.5 Å². The van der Waals surface area contributed by atoms with Gasteiger partial charge < -0.3 is 9.47 Å². The van der Waals surface area contributed by atoms with Crippen LogP contribution in [0.2, 0.25) is 0 Å². The van der Waals surface area contributed by atoms with E-state index in [0.29, 0.717) is 36.9 Å². The smallest absolute Gasteiger partial charge is 0.439 e. The van der Waals surface area contributed by atoms with Crippen LogP contribution in [0.25, 0.3) is 28.3 Å². The van der Waals surface area contributed by atoms with Crippen molar-refractivity contribution in [3.05, 3.63) is 92.1 Å². The summed E-state index contributed by atoms with van der Waals surface area (Å²) < 4.78 is 20.0. The Labute approximate surface area is 278 Å². The Balaban J connectivity index is 1.28. The average Bonchev–Trinajstić information content (AvgIpc) is 3.67. The molecule has 0 atom stereocenters. The van der Waals surface area contributed by atoms with Gasteiger partial charge in [0.25, 0.3) is 5.56 Å². The molecule has 3 aromatic heterocycles. The van der Waals surface area contributed by atoms with Crippen molar-refractivity contribution in [1.29, 1.82) is 0 Å². The molecule has 0 unspecified atom stereocenters. The molecule has 6 rings (SSSR count). The van der Waals surface area contributed by atoms with E-state index in [9.17, 15) is 14.4 Å². The molecule has 1 fully saturated rings. The van der Waals surface area contributed by atoms with Crippen LogP contribution in [0.15, 0.2) is 62.6 Å². The number of aromatic amines is 1. The normalized spacial score (nSPS) is 16.8. The van der Waals surface area contributed by atoms with Crippen molar-refractivity contribution in [2.24, 2.45) is 0 Å². The maximum Gasteiger partial charge on any atom is 0.439 e. The predicted molar refractivity (Wildman–Crippen MR) is 180 cm³/mol. The second kappa shape index (κ2) is 13.7. The van der Waals surface area contributed by atoms with Crippen LogP contribution in [0.5, 0.6) is 0 Å². The van der Waals surface area contributed by atoms with E-state index < -0.39 is 11.4 Å². The number of aryl methyl sites for hydroxylation is 2. The molecule has 3 heterocycles. The molecular weight excluding hydrogens is 612 g/mol. The summed E-state index contributed by atoms with van der Waals surface area (Å²) in [6.07, 6.45) is 5.12. The fourth-order valence-electron chi connectivity index (χ4n) is 6.73. The van der Waals surface area contributed by atoms with Gasteiger partial charge in [0.05, 0.1) is 18.4 Å². The molecule has 12 nitrogen and oxygen atoms in total. The quantitative estimate of drug-likeness (QED) is 0.180.